The highest BCUT2D eigenvalue weighted by molar-refractivity contribution is 7.91. The van der Waals surface area contributed by atoms with Crippen LogP contribution in [0.4, 0.5) is 0 Å². The van der Waals surface area contributed by atoms with Gasteiger partial charge < -0.3 is 9.94 Å². The molecule has 0 radical (unpaired) electrons. The lowest BCUT2D eigenvalue weighted by Crippen LogP contribution is -2.21. The Morgan fingerprint density at radius 2 is 2.36 bits per heavy atom. The number of esters is 1. The molecule has 0 fully saturated rings. The maximum Gasteiger partial charge on any atom is 0.358 e. The van der Waals surface area contributed by atoms with E-state index in [2.05, 4.69) is 9.72 Å². The molecular formula is C5H6N2O5S2. The van der Waals surface area contributed by atoms with E-state index in [0.29, 0.717) is 11.3 Å². The lowest BCUT2D eigenvalue weighted by Gasteiger charge is -1.99. The van der Waals surface area contributed by atoms with Crippen molar-refractivity contribution in [1.82, 2.24) is 9.87 Å². The van der Waals surface area contributed by atoms with Crippen molar-refractivity contribution in [3.05, 3.63) is 11.2 Å². The predicted molar refractivity (Wildman–Crippen MR) is 45.6 cm³/mol. The van der Waals surface area contributed by atoms with E-state index in [9.17, 15) is 13.2 Å². The average molecular weight is 238 g/mol. The molecule has 0 atom stereocenters. The van der Waals surface area contributed by atoms with Crippen LogP contribution in [0.5, 0.6) is 0 Å². The Bertz CT molecular complexity index is 437. The highest BCUT2D eigenvalue weighted by Gasteiger charge is 2.25. The molecular weight excluding hydrogens is 232 g/mol. The van der Waals surface area contributed by atoms with Gasteiger partial charge in [-0.2, -0.15) is 0 Å². The van der Waals surface area contributed by atoms with E-state index in [4.69, 9.17) is 5.21 Å². The van der Waals surface area contributed by atoms with E-state index >= 15 is 0 Å². The van der Waals surface area contributed by atoms with E-state index in [1.165, 1.54) is 0 Å². The summed E-state index contributed by atoms with van der Waals surface area (Å²) in [4.78, 5) is 15.6. The number of carbonyl (C=O) groups is 1. The summed E-state index contributed by atoms with van der Waals surface area (Å²) in [5, 5.41) is 8.33. The van der Waals surface area contributed by atoms with Gasteiger partial charge in [0.2, 0.25) is 0 Å². The molecule has 14 heavy (non-hydrogen) atoms. The summed E-state index contributed by atoms with van der Waals surface area (Å²) in [6.07, 6.45) is 0. The van der Waals surface area contributed by atoms with Crippen LogP contribution in [0.1, 0.15) is 10.5 Å². The van der Waals surface area contributed by atoms with Crippen molar-refractivity contribution >= 4 is 27.3 Å². The molecule has 0 aliphatic carbocycles. The molecule has 7 nitrogen and oxygen atoms in total. The van der Waals surface area contributed by atoms with E-state index in [-0.39, 0.29) is 9.90 Å². The standard InChI is InChI=1S/C5H6N2O5S2/c1-12-4(8)3-5(13-2-6-3)14(10,11)7-9/h2,7,9H,1H3. The van der Waals surface area contributed by atoms with Gasteiger partial charge in [0.15, 0.2) is 9.90 Å². The first-order chi connectivity index (χ1) is 6.53. The van der Waals surface area contributed by atoms with Gasteiger partial charge in [-0.25, -0.2) is 18.2 Å². The first-order valence-electron chi connectivity index (χ1n) is 3.20. The number of nitrogens with one attached hydrogen (secondary N) is 1. The Balaban J connectivity index is 3.25. The van der Waals surface area contributed by atoms with Crippen molar-refractivity contribution in [2.75, 3.05) is 7.11 Å². The van der Waals surface area contributed by atoms with Crippen LogP contribution in [0.25, 0.3) is 0 Å². The average Bonchev–Trinajstić information content (AvgIpc) is 2.65. The fourth-order valence-electron chi connectivity index (χ4n) is 0.700. The quantitative estimate of drug-likeness (QED) is 0.548. The number of hydrogen-bond acceptors (Lipinski definition) is 7. The van der Waals surface area contributed by atoms with Crippen LogP contribution >= 0.6 is 11.3 Å². The van der Waals surface area contributed by atoms with Crippen LogP contribution in [-0.2, 0) is 14.8 Å². The second-order valence-electron chi connectivity index (χ2n) is 2.07. The predicted octanol–water partition coefficient (Wildman–Crippen LogP) is -0.403. The van der Waals surface area contributed by atoms with E-state index < -0.39 is 16.0 Å². The molecule has 1 aromatic rings. The zero-order valence-corrected chi connectivity index (χ0v) is 8.55. The number of thiazole rings is 1. The molecule has 0 unspecified atom stereocenters. The molecule has 0 spiro atoms. The van der Waals surface area contributed by atoms with Crippen molar-refractivity contribution in [2.45, 2.75) is 4.21 Å². The smallest absolute Gasteiger partial charge is 0.358 e. The lowest BCUT2D eigenvalue weighted by atomic mass is 10.5. The van der Waals surface area contributed by atoms with Gasteiger partial charge in [0.1, 0.15) is 0 Å². The third-order valence-electron chi connectivity index (χ3n) is 1.28. The molecule has 9 heteroatoms. The van der Waals surface area contributed by atoms with Crippen LogP contribution in [0.3, 0.4) is 0 Å². The third-order valence-corrected chi connectivity index (χ3v) is 3.76. The topological polar surface area (TPSA) is 106 Å². The Morgan fingerprint density at radius 3 is 2.86 bits per heavy atom. The monoisotopic (exact) mass is 238 g/mol. The summed E-state index contributed by atoms with van der Waals surface area (Å²) in [5.74, 6) is -0.875. The fraction of sp³-hybridized carbons (Fsp3) is 0.200. The summed E-state index contributed by atoms with van der Waals surface area (Å²) < 4.78 is 26.1. The van der Waals surface area contributed by atoms with Gasteiger partial charge in [0.05, 0.1) is 12.6 Å². The van der Waals surface area contributed by atoms with Gasteiger partial charge in [-0.3, -0.25) is 0 Å². The maximum absolute atomic E-state index is 11.1. The van der Waals surface area contributed by atoms with Crippen LogP contribution in [-0.4, -0.2) is 31.7 Å². The Kier molecular flexibility index (Phi) is 3.16. The normalized spacial score (nSPS) is 11.3. The van der Waals surface area contributed by atoms with Gasteiger partial charge in [0, 0.05) is 0 Å². The minimum absolute atomic E-state index is 0.348. The molecule has 0 aromatic carbocycles. The SMILES string of the molecule is COC(=O)c1ncsc1S(=O)(=O)NO. The van der Waals surface area contributed by atoms with E-state index in [1.807, 2.05) is 0 Å². The number of hydrogen-bond donors (Lipinski definition) is 2. The van der Waals surface area contributed by atoms with Crippen LogP contribution in [0.2, 0.25) is 0 Å². The van der Waals surface area contributed by atoms with Crippen molar-refractivity contribution in [3.63, 3.8) is 0 Å². The van der Waals surface area contributed by atoms with Crippen molar-refractivity contribution in [1.29, 1.82) is 0 Å². The Morgan fingerprint density at radius 1 is 1.71 bits per heavy atom. The summed E-state index contributed by atoms with van der Waals surface area (Å²) in [6, 6.07) is 0. The number of sulfonamides is 1. The number of ether oxygens (including phenoxy) is 1. The molecule has 0 aliphatic heterocycles. The number of rotatable bonds is 3. The second kappa shape index (κ2) is 4.00. The molecule has 1 aromatic heterocycles. The number of methoxy groups -OCH3 is 1. The minimum atomic E-state index is -4.08. The highest BCUT2D eigenvalue weighted by Crippen LogP contribution is 2.19. The van der Waals surface area contributed by atoms with Gasteiger partial charge in [-0.1, -0.05) is 4.89 Å². The van der Waals surface area contributed by atoms with Gasteiger partial charge in [-0.05, 0) is 0 Å². The highest BCUT2D eigenvalue weighted by atomic mass is 32.2. The molecule has 78 valence electrons. The molecule has 1 rings (SSSR count). The summed E-state index contributed by atoms with van der Waals surface area (Å²) in [5.41, 5.74) is 0.815. The lowest BCUT2D eigenvalue weighted by molar-refractivity contribution is 0.0590. The summed E-state index contributed by atoms with van der Waals surface area (Å²) in [7, 11) is -2.98. The second-order valence-corrected chi connectivity index (χ2v) is 4.79. The third kappa shape index (κ3) is 1.90. The molecule has 0 bridgehead atoms. The van der Waals surface area contributed by atoms with Crippen molar-refractivity contribution < 1.29 is 23.2 Å². The number of nitrogens with zero attached hydrogens (tertiary/aromatic N) is 1. The largest absolute Gasteiger partial charge is 0.464 e. The molecule has 0 amide bonds. The van der Waals surface area contributed by atoms with Crippen LogP contribution < -0.4 is 4.89 Å². The molecule has 0 aliphatic rings. The summed E-state index contributed by atoms with van der Waals surface area (Å²) in [6.45, 7) is 0. The first-order valence-corrected chi connectivity index (χ1v) is 5.57. The zero-order chi connectivity index (χ0) is 10.8. The number of aromatic nitrogens is 1. The van der Waals surface area contributed by atoms with Crippen LogP contribution in [0.15, 0.2) is 9.72 Å². The minimum Gasteiger partial charge on any atom is -0.464 e. The number of carbonyl (C=O) groups excluding carboxylic acids is 1. The zero-order valence-electron chi connectivity index (χ0n) is 6.92. The summed E-state index contributed by atoms with van der Waals surface area (Å²) >= 11 is 0.702. The Labute approximate surface area is 83.4 Å². The van der Waals surface area contributed by atoms with E-state index in [0.717, 1.165) is 17.5 Å². The van der Waals surface area contributed by atoms with Gasteiger partial charge >= 0.3 is 5.97 Å². The van der Waals surface area contributed by atoms with Gasteiger partial charge in [-0.15, -0.1) is 11.3 Å². The Hall–Kier alpha value is -1.03. The molecule has 0 saturated carbocycles. The first kappa shape index (κ1) is 11.0. The van der Waals surface area contributed by atoms with Crippen molar-refractivity contribution in [2.24, 2.45) is 0 Å². The molecule has 2 N–H and O–H groups in total. The molecule has 0 saturated heterocycles. The van der Waals surface area contributed by atoms with Crippen LogP contribution in [0, 0.1) is 0 Å². The van der Waals surface area contributed by atoms with E-state index in [1.54, 1.807) is 0 Å². The van der Waals surface area contributed by atoms with Crippen molar-refractivity contribution in [3.8, 4) is 0 Å². The molecule has 1 heterocycles. The fourth-order valence-corrected chi connectivity index (χ4v) is 2.42. The maximum atomic E-state index is 11.1. The van der Waals surface area contributed by atoms with Gasteiger partial charge in [0.25, 0.3) is 10.0 Å².